The minimum Gasteiger partial charge on any atom is -0.363 e. The molecule has 10 bridgehead atoms. The predicted octanol–water partition coefficient (Wildman–Crippen LogP) is 5.35. The van der Waals surface area contributed by atoms with Gasteiger partial charge in [0.1, 0.15) is 33.4 Å². The van der Waals surface area contributed by atoms with Gasteiger partial charge in [-0.1, -0.05) is 23.4 Å². The number of benzene rings is 1. The van der Waals surface area contributed by atoms with Crippen LogP contribution in [0.4, 0.5) is 19.0 Å². The van der Waals surface area contributed by atoms with Crippen LogP contribution in [0.2, 0.25) is 0 Å². The van der Waals surface area contributed by atoms with Gasteiger partial charge in [0, 0.05) is 30.1 Å². The largest absolute Gasteiger partial charge is 0.363 e. The molecule has 49 heavy (non-hydrogen) atoms. The van der Waals surface area contributed by atoms with Crippen LogP contribution in [0.5, 0.6) is 0 Å². The van der Waals surface area contributed by atoms with E-state index in [0.717, 1.165) is 5.69 Å². The molecule has 2 fully saturated rings. The van der Waals surface area contributed by atoms with E-state index in [1.54, 1.807) is 22.2 Å². The number of aryl methyl sites for hydroxylation is 2. The number of nitrogens with one attached hydrogen (secondary N) is 1. The van der Waals surface area contributed by atoms with Gasteiger partial charge in [0.25, 0.3) is 11.5 Å². The lowest BCUT2D eigenvalue weighted by atomic mass is 9.84. The van der Waals surface area contributed by atoms with Crippen LogP contribution in [0.1, 0.15) is 92.8 Å². The first kappa shape index (κ1) is 33.6. The molecule has 2 atom stereocenters. The standard InChI is InChI=1S/C34H41F3N8O3S/c1-21-25-6-5-7-28(30(25)35)34(36,37)24-8-14-43(15-9-24)22(2)29-19-44(42-41-29)12-3-4-13-45-32-27(31(40-21)38-20-39-32)18-26(33(45)46)23-10-16-49(47,48)17-11-23/h5-7,18-24H,3-4,8-17H2,1-2H3,(H,38,39,40)/t21-,22?/m1/s1. The number of nitrogens with zero attached hydrogens (tertiary/aromatic N) is 7. The summed E-state index contributed by atoms with van der Waals surface area (Å²) >= 11 is 0. The minimum atomic E-state index is -3.38. The van der Waals surface area contributed by atoms with Gasteiger partial charge in [-0.15, -0.1) is 5.10 Å². The molecule has 2 saturated heterocycles. The molecular weight excluding hydrogens is 657 g/mol. The first-order chi connectivity index (χ1) is 23.4. The molecule has 4 aliphatic rings. The molecule has 7 heterocycles. The van der Waals surface area contributed by atoms with Crippen molar-refractivity contribution in [2.75, 3.05) is 29.9 Å². The van der Waals surface area contributed by atoms with Gasteiger partial charge in [-0.05, 0) is 77.4 Å². The second-order valence-corrected chi connectivity index (χ2v) is 16.0. The summed E-state index contributed by atoms with van der Waals surface area (Å²) in [7, 11) is -3.16. The number of sulfone groups is 1. The fourth-order valence-corrected chi connectivity index (χ4v) is 9.15. The Labute approximate surface area is 282 Å². The lowest BCUT2D eigenvalue weighted by molar-refractivity contribution is -0.0907. The molecule has 262 valence electrons. The van der Waals surface area contributed by atoms with Gasteiger partial charge in [0.05, 0.1) is 46.4 Å². The van der Waals surface area contributed by atoms with Crippen molar-refractivity contribution >= 4 is 26.7 Å². The van der Waals surface area contributed by atoms with Crippen LogP contribution < -0.4 is 10.9 Å². The topological polar surface area (TPSA) is 128 Å². The summed E-state index contributed by atoms with van der Waals surface area (Å²) in [6.45, 7) is 5.46. The zero-order valence-corrected chi connectivity index (χ0v) is 28.5. The number of alkyl halides is 2. The number of pyridine rings is 1. The molecule has 1 N–H and O–H groups in total. The number of piperidine rings is 1. The molecule has 0 amide bonds. The monoisotopic (exact) mass is 698 g/mol. The molecule has 4 aromatic rings. The van der Waals surface area contributed by atoms with E-state index in [9.17, 15) is 13.2 Å². The summed E-state index contributed by atoms with van der Waals surface area (Å²) in [5.74, 6) is -5.30. The number of rotatable bonds is 1. The fraction of sp³-hybridized carbons (Fsp3) is 0.559. The summed E-state index contributed by atoms with van der Waals surface area (Å²) in [5.41, 5.74) is 0.839. The Balaban J connectivity index is 1.31. The Morgan fingerprint density at radius 2 is 1.69 bits per heavy atom. The van der Waals surface area contributed by atoms with Crippen LogP contribution in [-0.4, -0.2) is 67.4 Å². The maximum Gasteiger partial charge on any atom is 0.278 e. The van der Waals surface area contributed by atoms with E-state index >= 15 is 13.2 Å². The third-order valence-electron chi connectivity index (χ3n) is 10.7. The van der Waals surface area contributed by atoms with Gasteiger partial charge >= 0.3 is 0 Å². The van der Waals surface area contributed by atoms with E-state index in [1.165, 1.54) is 24.5 Å². The predicted molar refractivity (Wildman–Crippen MR) is 179 cm³/mol. The van der Waals surface area contributed by atoms with E-state index in [0.29, 0.717) is 74.3 Å². The summed E-state index contributed by atoms with van der Waals surface area (Å²) in [4.78, 5) is 25.1. The lowest BCUT2D eigenvalue weighted by Crippen LogP contribution is -2.41. The van der Waals surface area contributed by atoms with Crippen molar-refractivity contribution in [2.24, 2.45) is 5.92 Å². The van der Waals surface area contributed by atoms with Gasteiger partial charge < -0.3 is 5.32 Å². The number of hydrogen-bond acceptors (Lipinski definition) is 9. The quantitative estimate of drug-likeness (QED) is 0.280. The molecule has 11 nitrogen and oxygen atoms in total. The van der Waals surface area contributed by atoms with Crippen molar-refractivity contribution in [2.45, 2.75) is 89.4 Å². The Morgan fingerprint density at radius 3 is 2.45 bits per heavy atom. The smallest absolute Gasteiger partial charge is 0.278 e. The van der Waals surface area contributed by atoms with Gasteiger partial charge in [0.2, 0.25) is 0 Å². The number of hydrogen-bond donors (Lipinski definition) is 1. The van der Waals surface area contributed by atoms with Crippen molar-refractivity contribution in [3.63, 3.8) is 0 Å². The van der Waals surface area contributed by atoms with Gasteiger partial charge in [0.15, 0.2) is 0 Å². The minimum absolute atomic E-state index is 0.0000454. The van der Waals surface area contributed by atoms with E-state index in [-0.39, 0.29) is 47.4 Å². The molecule has 0 saturated carbocycles. The first-order valence-electron chi connectivity index (χ1n) is 17.1. The summed E-state index contributed by atoms with van der Waals surface area (Å²) in [5, 5.41) is 12.4. The van der Waals surface area contributed by atoms with Crippen LogP contribution in [0.3, 0.4) is 0 Å². The van der Waals surface area contributed by atoms with Gasteiger partial charge in [-0.2, -0.15) is 0 Å². The second-order valence-electron chi connectivity index (χ2n) is 13.7. The molecule has 8 rings (SSSR count). The zero-order valence-electron chi connectivity index (χ0n) is 27.7. The van der Waals surface area contributed by atoms with E-state index in [1.807, 2.05) is 13.1 Å². The van der Waals surface area contributed by atoms with Gasteiger partial charge in [-0.25, -0.2) is 31.6 Å². The Kier molecular flexibility index (Phi) is 9.01. The number of anilines is 1. The Morgan fingerprint density at radius 1 is 0.959 bits per heavy atom. The van der Waals surface area contributed by atoms with E-state index in [2.05, 4.69) is 30.5 Å². The normalized spacial score (nSPS) is 26.1. The fourth-order valence-electron chi connectivity index (χ4n) is 7.66. The van der Waals surface area contributed by atoms with Crippen LogP contribution in [-0.2, 0) is 28.8 Å². The highest BCUT2D eigenvalue weighted by Gasteiger charge is 2.45. The highest BCUT2D eigenvalue weighted by molar-refractivity contribution is 7.91. The molecule has 3 aromatic heterocycles. The third kappa shape index (κ3) is 6.46. The maximum atomic E-state index is 16.1. The van der Waals surface area contributed by atoms with E-state index in [4.69, 9.17) is 0 Å². The lowest BCUT2D eigenvalue weighted by Gasteiger charge is -2.38. The number of aromatic nitrogens is 6. The molecule has 1 aromatic carbocycles. The molecule has 0 aliphatic carbocycles. The van der Waals surface area contributed by atoms with Crippen LogP contribution in [0, 0.1) is 11.7 Å². The van der Waals surface area contributed by atoms with Gasteiger partial charge in [-0.3, -0.25) is 18.9 Å². The molecule has 0 spiro atoms. The highest BCUT2D eigenvalue weighted by Crippen LogP contribution is 2.44. The van der Waals surface area contributed by atoms with Crippen molar-refractivity contribution in [3.05, 3.63) is 75.3 Å². The van der Waals surface area contributed by atoms with E-state index < -0.39 is 39.1 Å². The average molecular weight is 699 g/mol. The first-order valence-corrected chi connectivity index (χ1v) is 18.9. The number of halogens is 3. The van der Waals surface area contributed by atoms with Crippen molar-refractivity contribution in [1.29, 1.82) is 0 Å². The highest BCUT2D eigenvalue weighted by atomic mass is 32.2. The second kappa shape index (κ2) is 13.1. The SMILES string of the molecule is CC1c2cn(nn2)CCCCn2c(=O)c(C3CCS(=O)(=O)CC3)cc3c(ncnc32)N[C@H](C)c2cccc(c2F)C(F)(F)C2CCN1CC2. The summed E-state index contributed by atoms with van der Waals surface area (Å²) < 4.78 is 76.1. The molecule has 1 unspecified atom stereocenters. The van der Waals surface area contributed by atoms with Crippen molar-refractivity contribution < 1.29 is 21.6 Å². The molecule has 0 radical (unpaired) electrons. The van der Waals surface area contributed by atoms with Crippen LogP contribution in [0.25, 0.3) is 11.0 Å². The maximum absolute atomic E-state index is 16.1. The zero-order chi connectivity index (χ0) is 34.5. The average Bonchev–Trinajstić information content (AvgIpc) is 3.56. The summed E-state index contributed by atoms with van der Waals surface area (Å²) in [6, 6.07) is 4.97. The Hall–Kier alpha value is -3.85. The van der Waals surface area contributed by atoms with Crippen LogP contribution >= 0.6 is 0 Å². The number of fused-ring (bicyclic) bond motifs is 6. The van der Waals surface area contributed by atoms with Crippen molar-refractivity contribution in [1.82, 2.24) is 34.4 Å². The van der Waals surface area contributed by atoms with Crippen molar-refractivity contribution in [3.8, 4) is 0 Å². The molecule has 4 aliphatic heterocycles. The Bertz CT molecular complexity index is 2010. The third-order valence-corrected chi connectivity index (χ3v) is 12.4. The summed E-state index contributed by atoms with van der Waals surface area (Å²) in [6.07, 6.45) is 5.61. The molecular formula is C34H41F3N8O3S. The van der Waals surface area contributed by atoms with Crippen LogP contribution in [0.15, 0.2) is 41.6 Å². The molecule has 15 heteroatoms.